The summed E-state index contributed by atoms with van der Waals surface area (Å²) in [6, 6.07) is 13.3. The molecule has 2 N–H and O–H groups in total. The van der Waals surface area contributed by atoms with Crippen LogP contribution in [0.4, 0.5) is 5.69 Å². The molecule has 8 heteroatoms. The maximum atomic E-state index is 13.1. The van der Waals surface area contributed by atoms with Crippen LogP contribution in [0, 0.1) is 11.8 Å². The number of carbonyl (C=O) groups excluding carboxylic acids is 2. The van der Waals surface area contributed by atoms with E-state index in [1.165, 1.54) is 0 Å². The molecule has 0 unspecified atom stereocenters. The van der Waals surface area contributed by atoms with Crippen molar-refractivity contribution in [1.29, 1.82) is 0 Å². The Morgan fingerprint density at radius 2 is 1.85 bits per heavy atom. The minimum absolute atomic E-state index is 0.0160. The lowest BCUT2D eigenvalue weighted by molar-refractivity contribution is -0.126. The lowest BCUT2D eigenvalue weighted by Gasteiger charge is -2.32. The van der Waals surface area contributed by atoms with Crippen LogP contribution in [0.2, 0.25) is 0 Å². The van der Waals surface area contributed by atoms with E-state index < -0.39 is 10.0 Å². The van der Waals surface area contributed by atoms with Crippen molar-refractivity contribution in [2.75, 3.05) is 24.4 Å². The second-order valence-electron chi connectivity index (χ2n) is 9.31. The fraction of sp³-hybridized carbons (Fsp3) is 0.462. The van der Waals surface area contributed by atoms with E-state index >= 15 is 0 Å². The molecular formula is C26H35N3O4S. The van der Waals surface area contributed by atoms with E-state index in [4.69, 9.17) is 0 Å². The van der Waals surface area contributed by atoms with Crippen LogP contribution in [-0.2, 0) is 21.2 Å². The molecule has 184 valence electrons. The van der Waals surface area contributed by atoms with Gasteiger partial charge in [0.25, 0.3) is 15.9 Å². The molecule has 2 aromatic rings. The zero-order chi connectivity index (χ0) is 24.7. The number of piperidine rings is 1. The van der Waals surface area contributed by atoms with Crippen LogP contribution in [0.1, 0.15) is 56.0 Å². The van der Waals surface area contributed by atoms with Gasteiger partial charge in [0.2, 0.25) is 5.91 Å². The van der Waals surface area contributed by atoms with Gasteiger partial charge in [-0.25, -0.2) is 8.42 Å². The van der Waals surface area contributed by atoms with E-state index in [-0.39, 0.29) is 22.6 Å². The first-order valence-electron chi connectivity index (χ1n) is 12.0. The van der Waals surface area contributed by atoms with Gasteiger partial charge in [0.05, 0.1) is 10.8 Å². The Morgan fingerprint density at radius 1 is 1.12 bits per heavy atom. The molecule has 3 rings (SSSR count). The summed E-state index contributed by atoms with van der Waals surface area (Å²) in [5.74, 6) is -0.0797. The quantitative estimate of drug-likeness (QED) is 0.560. The van der Waals surface area contributed by atoms with Crippen LogP contribution >= 0.6 is 0 Å². The number of hydrogen-bond acceptors (Lipinski definition) is 4. The molecule has 2 aromatic carbocycles. The first kappa shape index (κ1) is 25.7. The summed E-state index contributed by atoms with van der Waals surface area (Å²) in [7, 11) is -3.77. The summed E-state index contributed by atoms with van der Waals surface area (Å²) in [5, 5.41) is 2.96. The molecule has 0 spiro atoms. The maximum Gasteiger partial charge on any atom is 0.261 e. The summed E-state index contributed by atoms with van der Waals surface area (Å²) in [6.45, 7) is 7.72. The monoisotopic (exact) mass is 485 g/mol. The molecule has 0 radical (unpaired) electrons. The molecule has 7 nitrogen and oxygen atoms in total. The van der Waals surface area contributed by atoms with Gasteiger partial charge in [0.1, 0.15) is 0 Å². The highest BCUT2D eigenvalue weighted by molar-refractivity contribution is 7.92. The number of benzene rings is 2. The third-order valence-corrected chi connectivity index (χ3v) is 7.30. The standard InChI is InChI=1S/C26H35N3O4S/c1-4-7-20-11-13-24(14-12-20)34(32,33)28-23-10-5-8-21(16-23)26(31)29-15-6-9-22(18-29)25(30)27-17-19(2)3/h5,8,10-14,16,19,22,28H,4,6-7,9,15,17-18H2,1-3H3,(H,27,30)/t22-/m1/s1. The molecule has 1 aliphatic rings. The molecule has 1 aliphatic heterocycles. The molecule has 0 aliphatic carbocycles. The van der Waals surface area contributed by atoms with Crippen LogP contribution in [-0.4, -0.2) is 44.8 Å². The Morgan fingerprint density at radius 3 is 2.53 bits per heavy atom. The van der Waals surface area contributed by atoms with Gasteiger partial charge in [-0.05, 0) is 61.1 Å². The Labute approximate surface area is 203 Å². The highest BCUT2D eigenvalue weighted by Crippen LogP contribution is 2.22. The summed E-state index contributed by atoms with van der Waals surface area (Å²) >= 11 is 0. The van der Waals surface area contributed by atoms with Crippen molar-refractivity contribution in [3.05, 3.63) is 59.7 Å². The van der Waals surface area contributed by atoms with Crippen LogP contribution in [0.5, 0.6) is 0 Å². The third-order valence-electron chi connectivity index (χ3n) is 5.90. The number of nitrogens with one attached hydrogen (secondary N) is 2. The molecule has 1 saturated heterocycles. The predicted octanol–water partition coefficient (Wildman–Crippen LogP) is 4.06. The second-order valence-corrected chi connectivity index (χ2v) is 11.0. The summed E-state index contributed by atoms with van der Waals surface area (Å²) in [6.07, 6.45) is 3.40. The number of amides is 2. The van der Waals surface area contributed by atoms with E-state index in [1.807, 2.05) is 26.0 Å². The molecule has 0 saturated carbocycles. The highest BCUT2D eigenvalue weighted by atomic mass is 32.2. The molecular weight excluding hydrogens is 450 g/mol. The summed E-state index contributed by atoms with van der Waals surface area (Å²) < 4.78 is 28.2. The molecule has 34 heavy (non-hydrogen) atoms. The lowest BCUT2D eigenvalue weighted by atomic mass is 9.96. The van der Waals surface area contributed by atoms with E-state index in [0.717, 1.165) is 31.2 Å². The van der Waals surface area contributed by atoms with Crippen LogP contribution in [0.15, 0.2) is 53.4 Å². The maximum absolute atomic E-state index is 13.1. The molecule has 1 heterocycles. The smallest absolute Gasteiger partial charge is 0.261 e. The van der Waals surface area contributed by atoms with Crippen molar-refractivity contribution in [1.82, 2.24) is 10.2 Å². The van der Waals surface area contributed by atoms with Gasteiger partial charge in [0, 0.05) is 30.9 Å². The third kappa shape index (κ3) is 6.82. The van der Waals surface area contributed by atoms with E-state index in [0.29, 0.717) is 36.8 Å². The molecule has 0 aromatic heterocycles. The number of anilines is 1. The minimum Gasteiger partial charge on any atom is -0.356 e. The second kappa shape index (κ2) is 11.5. The van der Waals surface area contributed by atoms with Gasteiger partial charge in [-0.2, -0.15) is 0 Å². The topological polar surface area (TPSA) is 95.6 Å². The van der Waals surface area contributed by atoms with Crippen molar-refractivity contribution in [3.63, 3.8) is 0 Å². The average molecular weight is 486 g/mol. The van der Waals surface area contributed by atoms with Gasteiger partial charge < -0.3 is 10.2 Å². The Bertz CT molecular complexity index is 1100. The predicted molar refractivity (Wildman–Crippen MR) is 134 cm³/mol. The van der Waals surface area contributed by atoms with Crippen LogP contribution in [0.25, 0.3) is 0 Å². The fourth-order valence-corrected chi connectivity index (χ4v) is 5.11. The number of hydrogen-bond donors (Lipinski definition) is 2. The van der Waals surface area contributed by atoms with E-state index in [2.05, 4.69) is 17.0 Å². The van der Waals surface area contributed by atoms with Crippen LogP contribution in [0.3, 0.4) is 0 Å². The summed E-state index contributed by atoms with van der Waals surface area (Å²) in [4.78, 5) is 27.5. The van der Waals surface area contributed by atoms with Crippen LogP contribution < -0.4 is 10.0 Å². The number of likely N-dealkylation sites (tertiary alicyclic amines) is 1. The Balaban J connectivity index is 1.68. The number of nitrogens with zero attached hydrogens (tertiary/aromatic N) is 1. The van der Waals surface area contributed by atoms with Crippen molar-refractivity contribution in [2.24, 2.45) is 11.8 Å². The van der Waals surface area contributed by atoms with Gasteiger partial charge in [-0.1, -0.05) is 45.4 Å². The first-order chi connectivity index (χ1) is 16.2. The highest BCUT2D eigenvalue weighted by Gasteiger charge is 2.29. The van der Waals surface area contributed by atoms with Crippen molar-refractivity contribution in [2.45, 2.75) is 51.3 Å². The van der Waals surface area contributed by atoms with Crippen molar-refractivity contribution in [3.8, 4) is 0 Å². The molecule has 1 atom stereocenters. The Kier molecular flexibility index (Phi) is 8.72. The number of aryl methyl sites for hydroxylation is 1. The number of sulfonamides is 1. The SMILES string of the molecule is CCCc1ccc(S(=O)(=O)Nc2cccc(C(=O)N3CCC[C@@H](C(=O)NCC(C)C)C3)c2)cc1. The Hall–Kier alpha value is -2.87. The zero-order valence-electron chi connectivity index (χ0n) is 20.2. The van der Waals surface area contributed by atoms with Gasteiger partial charge in [-0.3, -0.25) is 14.3 Å². The molecule has 1 fully saturated rings. The molecule has 0 bridgehead atoms. The van der Waals surface area contributed by atoms with E-state index in [1.54, 1.807) is 41.3 Å². The van der Waals surface area contributed by atoms with Gasteiger partial charge in [0.15, 0.2) is 0 Å². The van der Waals surface area contributed by atoms with Gasteiger partial charge >= 0.3 is 0 Å². The molecule has 2 amide bonds. The average Bonchev–Trinajstić information content (AvgIpc) is 2.82. The first-order valence-corrected chi connectivity index (χ1v) is 13.5. The van der Waals surface area contributed by atoms with Gasteiger partial charge in [-0.15, -0.1) is 0 Å². The van der Waals surface area contributed by atoms with Crippen molar-refractivity contribution < 1.29 is 18.0 Å². The minimum atomic E-state index is -3.77. The zero-order valence-corrected chi connectivity index (χ0v) is 21.0. The summed E-state index contributed by atoms with van der Waals surface area (Å²) in [5.41, 5.74) is 1.81. The van der Waals surface area contributed by atoms with Crippen molar-refractivity contribution >= 4 is 27.5 Å². The fourth-order valence-electron chi connectivity index (χ4n) is 4.06. The van der Waals surface area contributed by atoms with E-state index in [9.17, 15) is 18.0 Å². The normalized spacial score (nSPS) is 16.4. The number of carbonyl (C=O) groups is 2. The lowest BCUT2D eigenvalue weighted by Crippen LogP contribution is -2.46. The number of rotatable bonds is 9. The largest absolute Gasteiger partial charge is 0.356 e.